The fourth-order valence-electron chi connectivity index (χ4n) is 3.47. The zero-order valence-electron chi connectivity index (χ0n) is 17.6. The third-order valence-corrected chi connectivity index (χ3v) is 5.07. The Morgan fingerprint density at radius 1 is 0.710 bits per heavy atom. The molecule has 0 aliphatic heterocycles. The lowest BCUT2D eigenvalue weighted by atomic mass is 10.00. The van der Waals surface area contributed by atoms with E-state index in [2.05, 4.69) is 91.0 Å². The van der Waals surface area contributed by atoms with E-state index in [0.717, 1.165) is 33.7 Å². The Morgan fingerprint density at radius 2 is 1.29 bits per heavy atom. The van der Waals surface area contributed by atoms with E-state index in [1.165, 1.54) is 0 Å². The molecule has 0 aromatic heterocycles. The summed E-state index contributed by atoms with van der Waals surface area (Å²) in [7, 11) is 1.69. The Balaban J connectivity index is 1.79. The second kappa shape index (κ2) is 10.2. The van der Waals surface area contributed by atoms with Gasteiger partial charge in [-0.05, 0) is 23.3 Å². The van der Waals surface area contributed by atoms with Crippen LogP contribution in [0.3, 0.4) is 0 Å². The fourth-order valence-corrected chi connectivity index (χ4v) is 3.47. The minimum absolute atomic E-state index is 0.122. The van der Waals surface area contributed by atoms with Gasteiger partial charge in [-0.25, -0.2) is 0 Å². The van der Waals surface area contributed by atoms with Gasteiger partial charge in [-0.15, -0.1) is 0 Å². The van der Waals surface area contributed by atoms with Crippen LogP contribution >= 0.6 is 0 Å². The maximum Gasteiger partial charge on any atom is 0.119 e. The summed E-state index contributed by atoms with van der Waals surface area (Å²) in [5, 5.41) is 0. The molecule has 31 heavy (non-hydrogen) atoms. The number of hydrogen-bond donors (Lipinski definition) is 0. The topological polar surface area (TPSA) is 21.6 Å². The van der Waals surface area contributed by atoms with Crippen LogP contribution in [0, 0.1) is 0 Å². The van der Waals surface area contributed by atoms with Crippen molar-refractivity contribution in [2.75, 3.05) is 7.11 Å². The second-order valence-electron chi connectivity index (χ2n) is 7.20. The van der Waals surface area contributed by atoms with Crippen molar-refractivity contribution in [2.24, 2.45) is 4.99 Å². The molecule has 0 saturated heterocycles. The molecule has 4 aromatic carbocycles. The first-order valence-corrected chi connectivity index (χ1v) is 10.4. The average Bonchev–Trinajstić information content (AvgIpc) is 2.86. The van der Waals surface area contributed by atoms with Gasteiger partial charge in [-0.2, -0.15) is 0 Å². The van der Waals surface area contributed by atoms with Crippen molar-refractivity contribution in [3.8, 4) is 5.75 Å². The normalized spacial score (nSPS) is 11.8. The van der Waals surface area contributed by atoms with Gasteiger partial charge in [-0.3, -0.25) is 4.99 Å². The summed E-state index contributed by atoms with van der Waals surface area (Å²) in [4.78, 5) is 5.24. The van der Waals surface area contributed by atoms with Gasteiger partial charge in [0.1, 0.15) is 5.75 Å². The molecule has 2 nitrogen and oxygen atoms in total. The van der Waals surface area contributed by atoms with Crippen molar-refractivity contribution in [3.05, 3.63) is 144 Å². The largest absolute Gasteiger partial charge is 0.497 e. The zero-order valence-corrected chi connectivity index (χ0v) is 17.6. The Hall–Kier alpha value is -3.91. The van der Waals surface area contributed by atoms with E-state index >= 15 is 0 Å². The van der Waals surface area contributed by atoms with Gasteiger partial charge < -0.3 is 4.74 Å². The van der Waals surface area contributed by atoms with Gasteiger partial charge in [0.05, 0.1) is 18.9 Å². The third-order valence-electron chi connectivity index (χ3n) is 5.07. The fraction of sp³-hybridized carbons (Fsp3) is 0.0690. The molecular formula is C29H25NO. The van der Waals surface area contributed by atoms with Gasteiger partial charge in [0.25, 0.3) is 0 Å². The molecule has 2 heteroatoms. The molecular weight excluding hydrogens is 378 g/mol. The van der Waals surface area contributed by atoms with Crippen LogP contribution in [0.15, 0.2) is 126 Å². The average molecular weight is 404 g/mol. The number of nitrogens with zero attached hydrogens (tertiary/aromatic N) is 1. The molecule has 0 heterocycles. The molecule has 0 aliphatic carbocycles. The lowest BCUT2D eigenvalue weighted by Gasteiger charge is -2.14. The quantitative estimate of drug-likeness (QED) is 0.305. The van der Waals surface area contributed by atoms with Crippen LogP contribution in [0.1, 0.15) is 28.3 Å². The van der Waals surface area contributed by atoms with E-state index in [-0.39, 0.29) is 6.04 Å². The first kappa shape index (κ1) is 20.4. The smallest absolute Gasteiger partial charge is 0.119 e. The number of aliphatic imine (C=N–C) groups is 1. The van der Waals surface area contributed by atoms with Crippen molar-refractivity contribution in [2.45, 2.75) is 6.04 Å². The van der Waals surface area contributed by atoms with Gasteiger partial charge in [0, 0.05) is 11.1 Å². The molecule has 152 valence electrons. The first-order valence-electron chi connectivity index (χ1n) is 10.4. The lowest BCUT2D eigenvalue weighted by Crippen LogP contribution is -2.06. The number of benzene rings is 4. The van der Waals surface area contributed by atoms with E-state index in [1.807, 2.05) is 36.4 Å². The van der Waals surface area contributed by atoms with Crippen molar-refractivity contribution in [3.63, 3.8) is 0 Å². The Bertz CT molecular complexity index is 1110. The lowest BCUT2D eigenvalue weighted by molar-refractivity contribution is 0.414. The SMILES string of the molecule is COc1cccc(/C=C/C(N=C(c2ccccc2)c2ccccc2)c2ccccc2)c1. The molecule has 1 atom stereocenters. The second-order valence-corrected chi connectivity index (χ2v) is 7.20. The van der Waals surface area contributed by atoms with Crippen molar-refractivity contribution < 1.29 is 4.74 Å². The van der Waals surface area contributed by atoms with E-state index in [0.29, 0.717) is 0 Å². The van der Waals surface area contributed by atoms with Crippen LogP contribution in [-0.4, -0.2) is 12.8 Å². The summed E-state index contributed by atoms with van der Waals surface area (Å²) < 4.78 is 5.37. The highest BCUT2D eigenvalue weighted by molar-refractivity contribution is 6.13. The maximum absolute atomic E-state index is 5.37. The number of ether oxygens (including phenoxy) is 1. The molecule has 0 saturated carbocycles. The highest BCUT2D eigenvalue weighted by Crippen LogP contribution is 2.24. The Labute approximate surface area is 184 Å². The predicted molar refractivity (Wildman–Crippen MR) is 130 cm³/mol. The zero-order chi connectivity index (χ0) is 21.3. The number of rotatable bonds is 7. The molecule has 4 rings (SSSR count). The minimum Gasteiger partial charge on any atom is -0.497 e. The van der Waals surface area contributed by atoms with E-state index in [4.69, 9.17) is 9.73 Å². The van der Waals surface area contributed by atoms with Gasteiger partial charge >= 0.3 is 0 Å². The van der Waals surface area contributed by atoms with Crippen LogP contribution in [0.25, 0.3) is 6.08 Å². The Morgan fingerprint density at radius 3 is 1.87 bits per heavy atom. The third kappa shape index (κ3) is 5.37. The van der Waals surface area contributed by atoms with Crippen molar-refractivity contribution in [1.82, 2.24) is 0 Å². The van der Waals surface area contributed by atoms with E-state index in [9.17, 15) is 0 Å². The molecule has 0 aliphatic rings. The van der Waals surface area contributed by atoms with E-state index < -0.39 is 0 Å². The van der Waals surface area contributed by atoms with Crippen molar-refractivity contribution >= 4 is 11.8 Å². The summed E-state index contributed by atoms with van der Waals surface area (Å²) in [6.45, 7) is 0. The van der Waals surface area contributed by atoms with Gasteiger partial charge in [-0.1, -0.05) is 115 Å². The maximum atomic E-state index is 5.37. The molecule has 0 bridgehead atoms. The molecule has 4 aromatic rings. The van der Waals surface area contributed by atoms with Crippen LogP contribution in [0.5, 0.6) is 5.75 Å². The first-order chi connectivity index (χ1) is 15.3. The number of hydrogen-bond acceptors (Lipinski definition) is 2. The monoisotopic (exact) mass is 403 g/mol. The molecule has 1 unspecified atom stereocenters. The molecule has 0 amide bonds. The standard InChI is InChI=1S/C29H25NO/c1-31-27-19-11-12-23(22-27)20-21-28(24-13-5-2-6-14-24)30-29(25-15-7-3-8-16-25)26-17-9-4-10-18-26/h2-22,28H,1H3/b21-20+. The van der Waals surface area contributed by atoms with Crippen LogP contribution < -0.4 is 4.74 Å². The summed E-state index contributed by atoms with van der Waals surface area (Å²) in [6, 6.07) is 39.0. The van der Waals surface area contributed by atoms with Crippen LogP contribution in [-0.2, 0) is 0 Å². The molecule has 0 spiro atoms. The Kier molecular flexibility index (Phi) is 6.71. The summed E-state index contributed by atoms with van der Waals surface area (Å²) in [6.07, 6.45) is 4.26. The summed E-state index contributed by atoms with van der Waals surface area (Å²) in [5.74, 6) is 0.844. The molecule has 0 radical (unpaired) electrons. The highest BCUT2D eigenvalue weighted by atomic mass is 16.5. The minimum atomic E-state index is -0.122. The highest BCUT2D eigenvalue weighted by Gasteiger charge is 2.12. The van der Waals surface area contributed by atoms with E-state index in [1.54, 1.807) is 7.11 Å². The van der Waals surface area contributed by atoms with Crippen LogP contribution in [0.2, 0.25) is 0 Å². The van der Waals surface area contributed by atoms with Gasteiger partial charge in [0.2, 0.25) is 0 Å². The number of methoxy groups -OCH3 is 1. The molecule has 0 N–H and O–H groups in total. The predicted octanol–water partition coefficient (Wildman–Crippen LogP) is 6.99. The van der Waals surface area contributed by atoms with Crippen LogP contribution in [0.4, 0.5) is 0 Å². The summed E-state index contributed by atoms with van der Waals surface area (Å²) >= 11 is 0. The summed E-state index contributed by atoms with van der Waals surface area (Å²) in [5.41, 5.74) is 5.40. The molecule has 0 fully saturated rings. The van der Waals surface area contributed by atoms with Crippen molar-refractivity contribution in [1.29, 1.82) is 0 Å². The van der Waals surface area contributed by atoms with Gasteiger partial charge in [0.15, 0.2) is 0 Å².